The van der Waals surface area contributed by atoms with Crippen LogP contribution in [-0.4, -0.2) is 32.5 Å². The first-order valence-electron chi connectivity index (χ1n) is 1.69. The molecule has 0 aliphatic heterocycles. The molecule has 0 atom stereocenters. The summed E-state index contributed by atoms with van der Waals surface area (Å²) >= 11 is 0. The largest absolute Gasteiger partial charge is 1.00 e. The van der Waals surface area contributed by atoms with Crippen LogP contribution >= 0.6 is 0 Å². The molecule has 0 fully saturated rings. The summed E-state index contributed by atoms with van der Waals surface area (Å²) in [6, 6.07) is 0. The summed E-state index contributed by atoms with van der Waals surface area (Å²) < 4.78 is 2.90. The molecule has 12 heavy (non-hydrogen) atoms. The van der Waals surface area contributed by atoms with Gasteiger partial charge in [-0.2, -0.15) is 0 Å². The molecule has 0 radical (unpaired) electrons. The van der Waals surface area contributed by atoms with E-state index in [0.29, 0.717) is 0 Å². The van der Waals surface area contributed by atoms with Crippen molar-refractivity contribution < 1.29 is 122 Å². The van der Waals surface area contributed by atoms with Crippen LogP contribution in [0, 0.1) is 0 Å². The van der Waals surface area contributed by atoms with Crippen molar-refractivity contribution in [3.63, 3.8) is 0 Å². The van der Waals surface area contributed by atoms with Crippen molar-refractivity contribution in [3.05, 3.63) is 0 Å². The average molecular weight is 240 g/mol. The monoisotopic (exact) mass is 240 g/mol. The molecule has 56 valence electrons. The molecule has 0 spiro atoms. The number of rotatable bonds is 2. The zero-order valence-corrected chi connectivity index (χ0v) is 15.0. The van der Waals surface area contributed by atoms with Gasteiger partial charge in [-0.1, -0.05) is 0 Å². The standard InChI is InChI=1S/3Na.H3O7Si2/c;;;1-8(2,3)7-9(4,5)6/h;;;1-3H/q3*+1;-3. The van der Waals surface area contributed by atoms with Gasteiger partial charge in [0.1, 0.15) is 0 Å². The summed E-state index contributed by atoms with van der Waals surface area (Å²) in [4.78, 5) is 51.9. The summed E-state index contributed by atoms with van der Waals surface area (Å²) in [6.45, 7) is 0. The van der Waals surface area contributed by atoms with E-state index in [1.165, 1.54) is 0 Å². The Hall–Kier alpha value is 3.15. The van der Waals surface area contributed by atoms with E-state index in [1.54, 1.807) is 0 Å². The van der Waals surface area contributed by atoms with Gasteiger partial charge in [-0.3, -0.25) is 0 Å². The molecule has 0 amide bonds. The molecule has 3 N–H and O–H groups in total. The summed E-state index contributed by atoms with van der Waals surface area (Å²) in [7, 11) is -10.9. The Morgan fingerprint density at radius 3 is 1.08 bits per heavy atom. The molecular formula is H3Na3O7Si2. The van der Waals surface area contributed by atoms with Crippen LogP contribution in [0.3, 0.4) is 0 Å². The van der Waals surface area contributed by atoms with E-state index in [-0.39, 0.29) is 88.7 Å². The molecule has 0 rings (SSSR count). The van der Waals surface area contributed by atoms with Gasteiger partial charge in [-0.15, -0.1) is 9.05 Å². The molecule has 0 aromatic heterocycles. The maximum absolute atomic E-state index is 9.48. The van der Waals surface area contributed by atoms with Crippen molar-refractivity contribution in [2.75, 3.05) is 0 Å². The molecule has 0 aromatic carbocycles. The summed E-state index contributed by atoms with van der Waals surface area (Å²) in [5.41, 5.74) is 0. The number of hydrogen-bond donors (Lipinski definition) is 3. The first kappa shape index (κ1) is 24.4. The fourth-order valence-electron chi connectivity index (χ4n) is 0.168. The Kier molecular flexibility index (Phi) is 19.1. The van der Waals surface area contributed by atoms with E-state index in [9.17, 15) is 14.4 Å². The maximum Gasteiger partial charge on any atom is 1.00 e. The van der Waals surface area contributed by atoms with Crippen LogP contribution in [0.5, 0.6) is 0 Å². The van der Waals surface area contributed by atoms with Gasteiger partial charge in [-0.25, -0.2) is 0 Å². The predicted molar refractivity (Wildman–Crippen MR) is 19.2 cm³/mol. The summed E-state index contributed by atoms with van der Waals surface area (Å²) in [6.07, 6.45) is 0. The van der Waals surface area contributed by atoms with Crippen LogP contribution in [-0.2, 0) is 4.12 Å². The van der Waals surface area contributed by atoms with Crippen molar-refractivity contribution in [1.82, 2.24) is 0 Å². The molecule has 0 aromatic rings. The van der Waals surface area contributed by atoms with Crippen LogP contribution in [0.2, 0.25) is 0 Å². The van der Waals surface area contributed by atoms with Gasteiger partial charge < -0.3 is 32.9 Å². The van der Waals surface area contributed by atoms with Gasteiger partial charge in [0.05, 0.1) is 0 Å². The molecular weight excluding hydrogens is 237 g/mol. The molecule has 0 saturated heterocycles. The second kappa shape index (κ2) is 9.38. The zero-order chi connectivity index (χ0) is 7.71. The van der Waals surface area contributed by atoms with Gasteiger partial charge in [0.2, 0.25) is 0 Å². The van der Waals surface area contributed by atoms with Crippen LogP contribution in [0.15, 0.2) is 0 Å². The average Bonchev–Trinajstić information content (AvgIpc) is 1.14. The third-order valence-electron chi connectivity index (χ3n) is 0.262. The van der Waals surface area contributed by atoms with Gasteiger partial charge in [0.25, 0.3) is 0 Å². The quantitative estimate of drug-likeness (QED) is 0.407. The Balaban J connectivity index is -0.000000107. The van der Waals surface area contributed by atoms with E-state index in [0.717, 1.165) is 0 Å². The van der Waals surface area contributed by atoms with E-state index in [4.69, 9.17) is 14.4 Å². The van der Waals surface area contributed by atoms with Gasteiger partial charge >= 0.3 is 97.7 Å². The molecule has 0 saturated carbocycles. The second-order valence-corrected chi connectivity index (χ2v) is 4.14. The minimum Gasteiger partial charge on any atom is -0.861 e. The number of hydrogen-bond acceptors (Lipinski definition) is 7. The SMILES string of the molecule is [Na+].[Na+].[Na+].[O-][Si]([O-])([O-])O[Si](O)(O)O. The summed E-state index contributed by atoms with van der Waals surface area (Å²) in [5, 5.41) is 0. The molecule has 0 aliphatic rings. The maximum atomic E-state index is 9.48. The molecule has 7 nitrogen and oxygen atoms in total. The fraction of sp³-hybridized carbons (Fsp3) is 0. The third kappa shape index (κ3) is 23.2. The first-order chi connectivity index (χ1) is 3.71. The Morgan fingerprint density at radius 1 is 0.833 bits per heavy atom. The molecule has 0 heterocycles. The van der Waals surface area contributed by atoms with Crippen LogP contribution in [0.1, 0.15) is 0 Å². The third-order valence-corrected chi connectivity index (χ3v) is 2.36. The molecule has 0 bridgehead atoms. The van der Waals surface area contributed by atoms with Gasteiger partial charge in [-0.05, 0) is 0 Å². The van der Waals surface area contributed by atoms with Gasteiger partial charge in [0.15, 0.2) is 0 Å². The topological polar surface area (TPSA) is 139 Å². The van der Waals surface area contributed by atoms with E-state index in [1.807, 2.05) is 0 Å². The summed E-state index contributed by atoms with van der Waals surface area (Å²) in [5.74, 6) is 0. The molecule has 12 heteroatoms. The van der Waals surface area contributed by atoms with Crippen LogP contribution < -0.4 is 103 Å². The van der Waals surface area contributed by atoms with Crippen molar-refractivity contribution in [2.45, 2.75) is 0 Å². The van der Waals surface area contributed by atoms with E-state index < -0.39 is 18.1 Å². The Bertz CT molecular complexity index is 81.8. The molecule has 0 unspecified atom stereocenters. The Labute approximate surface area is 137 Å². The minimum atomic E-state index is -5.73. The normalized spacial score (nSPS) is 10.5. The second-order valence-electron chi connectivity index (χ2n) is 1.18. The zero-order valence-electron chi connectivity index (χ0n) is 6.97. The minimum absolute atomic E-state index is 0. The Morgan fingerprint density at radius 2 is 1.08 bits per heavy atom. The van der Waals surface area contributed by atoms with Gasteiger partial charge in [0, 0.05) is 0 Å². The van der Waals surface area contributed by atoms with E-state index >= 15 is 0 Å². The van der Waals surface area contributed by atoms with Crippen molar-refractivity contribution in [3.8, 4) is 0 Å². The fourth-order valence-corrected chi connectivity index (χ4v) is 1.51. The van der Waals surface area contributed by atoms with Crippen LogP contribution in [0.4, 0.5) is 0 Å². The van der Waals surface area contributed by atoms with Crippen molar-refractivity contribution >= 4 is 18.1 Å². The smallest absolute Gasteiger partial charge is 0.861 e. The van der Waals surface area contributed by atoms with Crippen molar-refractivity contribution in [2.24, 2.45) is 0 Å². The molecule has 0 aliphatic carbocycles. The first-order valence-corrected chi connectivity index (χ1v) is 5.07. The van der Waals surface area contributed by atoms with E-state index in [2.05, 4.69) is 4.12 Å². The van der Waals surface area contributed by atoms with Crippen LogP contribution in [0.25, 0.3) is 0 Å². The predicted octanol–water partition coefficient (Wildman–Crippen LogP) is -15.1. The van der Waals surface area contributed by atoms with Crippen molar-refractivity contribution in [1.29, 1.82) is 0 Å².